The molecule has 0 bridgehead atoms. The highest BCUT2D eigenvalue weighted by Crippen LogP contribution is 2.25. The molecule has 3 nitrogen and oxygen atoms in total. The molecule has 1 unspecified atom stereocenters. The second-order valence-electron chi connectivity index (χ2n) is 7.16. The Bertz CT molecular complexity index is 244. The molecule has 0 saturated carbocycles. The SMILES string of the molecule is CCCCCCOC(CCCCCC)(OCCCC)OCCCCC. The van der Waals surface area contributed by atoms with E-state index in [0.29, 0.717) is 0 Å². The standard InChI is InChI=1S/C22H46O3/c1-5-9-13-15-18-22(23-19-12-8-4,24-20-16-11-7-3)25-21-17-14-10-6-2/h5-21H2,1-4H3. The Kier molecular flexibility index (Phi) is 18.6. The zero-order valence-corrected chi connectivity index (χ0v) is 17.7. The van der Waals surface area contributed by atoms with Gasteiger partial charge in [-0.05, 0) is 25.7 Å². The molecule has 0 aliphatic heterocycles. The summed E-state index contributed by atoms with van der Waals surface area (Å²) in [6.45, 7) is 11.1. The van der Waals surface area contributed by atoms with Crippen LogP contribution in [-0.2, 0) is 14.2 Å². The van der Waals surface area contributed by atoms with E-state index in [9.17, 15) is 0 Å². The van der Waals surface area contributed by atoms with Crippen molar-refractivity contribution in [2.24, 2.45) is 0 Å². The van der Waals surface area contributed by atoms with Crippen LogP contribution in [0.3, 0.4) is 0 Å². The Balaban J connectivity index is 4.58. The summed E-state index contributed by atoms with van der Waals surface area (Å²) in [7, 11) is 0. The molecule has 0 aromatic rings. The van der Waals surface area contributed by atoms with E-state index < -0.39 is 5.97 Å². The summed E-state index contributed by atoms with van der Waals surface area (Å²) in [5.41, 5.74) is 0. The van der Waals surface area contributed by atoms with Gasteiger partial charge in [-0.15, -0.1) is 0 Å². The molecular weight excluding hydrogens is 312 g/mol. The first-order chi connectivity index (χ1) is 12.2. The van der Waals surface area contributed by atoms with E-state index in [0.717, 1.165) is 58.3 Å². The molecule has 0 spiro atoms. The van der Waals surface area contributed by atoms with E-state index in [4.69, 9.17) is 14.2 Å². The maximum atomic E-state index is 6.24. The molecule has 0 fully saturated rings. The fourth-order valence-electron chi connectivity index (χ4n) is 2.82. The molecule has 25 heavy (non-hydrogen) atoms. The van der Waals surface area contributed by atoms with Crippen molar-refractivity contribution in [1.82, 2.24) is 0 Å². The summed E-state index contributed by atoms with van der Waals surface area (Å²) >= 11 is 0. The van der Waals surface area contributed by atoms with Crippen LogP contribution >= 0.6 is 0 Å². The number of hydrogen-bond acceptors (Lipinski definition) is 3. The molecule has 0 saturated heterocycles. The molecular formula is C22H46O3. The number of rotatable bonds is 20. The molecule has 0 heterocycles. The van der Waals surface area contributed by atoms with Gasteiger partial charge in [0.15, 0.2) is 0 Å². The molecule has 1 atom stereocenters. The lowest BCUT2D eigenvalue weighted by Crippen LogP contribution is -2.40. The lowest BCUT2D eigenvalue weighted by molar-refractivity contribution is -0.384. The summed E-state index contributed by atoms with van der Waals surface area (Å²) in [6.07, 6.45) is 16.3. The predicted molar refractivity (Wildman–Crippen MR) is 108 cm³/mol. The van der Waals surface area contributed by atoms with Crippen molar-refractivity contribution in [1.29, 1.82) is 0 Å². The molecule has 0 aliphatic rings. The van der Waals surface area contributed by atoms with E-state index in [1.165, 1.54) is 51.4 Å². The first-order valence-electron chi connectivity index (χ1n) is 11.2. The van der Waals surface area contributed by atoms with Crippen LogP contribution in [0.4, 0.5) is 0 Å². The first kappa shape index (κ1) is 24.9. The maximum absolute atomic E-state index is 6.24. The second-order valence-corrected chi connectivity index (χ2v) is 7.16. The molecule has 3 heteroatoms. The van der Waals surface area contributed by atoms with E-state index in [-0.39, 0.29) is 0 Å². The highest BCUT2D eigenvalue weighted by atomic mass is 16.9. The van der Waals surface area contributed by atoms with Crippen molar-refractivity contribution in [3.05, 3.63) is 0 Å². The van der Waals surface area contributed by atoms with E-state index in [1.807, 2.05) is 0 Å². The van der Waals surface area contributed by atoms with Crippen LogP contribution in [0.25, 0.3) is 0 Å². The van der Waals surface area contributed by atoms with Crippen molar-refractivity contribution in [2.75, 3.05) is 19.8 Å². The average Bonchev–Trinajstić information content (AvgIpc) is 2.62. The van der Waals surface area contributed by atoms with Gasteiger partial charge in [0.25, 0.3) is 5.97 Å². The third-order valence-electron chi connectivity index (χ3n) is 4.55. The lowest BCUT2D eigenvalue weighted by Gasteiger charge is -2.34. The van der Waals surface area contributed by atoms with Gasteiger partial charge >= 0.3 is 0 Å². The van der Waals surface area contributed by atoms with E-state index in [2.05, 4.69) is 27.7 Å². The van der Waals surface area contributed by atoms with Gasteiger partial charge in [0.05, 0.1) is 19.8 Å². The molecule has 0 rings (SSSR count). The molecule has 0 amide bonds. The summed E-state index contributed by atoms with van der Waals surface area (Å²) in [5.74, 6) is -0.803. The predicted octanol–water partition coefficient (Wildman–Crippen LogP) is 7.23. The molecule has 0 N–H and O–H groups in total. The Hall–Kier alpha value is -0.120. The number of unbranched alkanes of at least 4 members (excludes halogenated alkanes) is 9. The van der Waals surface area contributed by atoms with Gasteiger partial charge in [0.1, 0.15) is 0 Å². The third kappa shape index (κ3) is 14.7. The summed E-state index contributed by atoms with van der Waals surface area (Å²) < 4.78 is 18.7. The Morgan fingerprint density at radius 1 is 0.440 bits per heavy atom. The highest BCUT2D eigenvalue weighted by Gasteiger charge is 2.32. The van der Waals surface area contributed by atoms with Gasteiger partial charge in [-0.2, -0.15) is 0 Å². The summed E-state index contributed by atoms with van der Waals surface area (Å²) in [4.78, 5) is 0. The normalized spacial score (nSPS) is 13.9. The lowest BCUT2D eigenvalue weighted by atomic mass is 10.1. The van der Waals surface area contributed by atoms with Crippen molar-refractivity contribution in [3.63, 3.8) is 0 Å². The Morgan fingerprint density at radius 3 is 1.36 bits per heavy atom. The number of hydrogen-bond donors (Lipinski definition) is 0. The summed E-state index contributed by atoms with van der Waals surface area (Å²) in [6, 6.07) is 0. The zero-order chi connectivity index (χ0) is 18.6. The molecule has 0 aliphatic carbocycles. The van der Waals surface area contributed by atoms with Crippen molar-refractivity contribution in [3.8, 4) is 0 Å². The van der Waals surface area contributed by atoms with Crippen LogP contribution in [0.15, 0.2) is 0 Å². The third-order valence-corrected chi connectivity index (χ3v) is 4.55. The van der Waals surface area contributed by atoms with Crippen molar-refractivity contribution >= 4 is 0 Å². The van der Waals surface area contributed by atoms with Crippen LogP contribution in [0.5, 0.6) is 0 Å². The quantitative estimate of drug-likeness (QED) is 0.170. The van der Waals surface area contributed by atoms with Crippen LogP contribution < -0.4 is 0 Å². The Labute approximate surface area is 158 Å². The first-order valence-corrected chi connectivity index (χ1v) is 11.2. The van der Waals surface area contributed by atoms with Crippen molar-refractivity contribution in [2.45, 2.75) is 124 Å². The topological polar surface area (TPSA) is 27.7 Å². The van der Waals surface area contributed by atoms with Gasteiger partial charge in [0, 0.05) is 6.42 Å². The van der Waals surface area contributed by atoms with Crippen LogP contribution in [0.1, 0.15) is 118 Å². The molecule has 0 aromatic carbocycles. The van der Waals surface area contributed by atoms with Gasteiger partial charge in [0.2, 0.25) is 0 Å². The fourth-order valence-corrected chi connectivity index (χ4v) is 2.82. The number of ether oxygens (including phenoxy) is 3. The minimum atomic E-state index is -0.803. The van der Waals surface area contributed by atoms with Crippen molar-refractivity contribution < 1.29 is 14.2 Å². The van der Waals surface area contributed by atoms with Crippen LogP contribution in [-0.4, -0.2) is 25.8 Å². The smallest absolute Gasteiger partial charge is 0.282 e. The maximum Gasteiger partial charge on any atom is 0.282 e. The fraction of sp³-hybridized carbons (Fsp3) is 1.00. The van der Waals surface area contributed by atoms with E-state index >= 15 is 0 Å². The van der Waals surface area contributed by atoms with Gasteiger partial charge in [-0.1, -0.05) is 85.5 Å². The molecule has 0 radical (unpaired) electrons. The second kappa shape index (κ2) is 18.7. The highest BCUT2D eigenvalue weighted by molar-refractivity contribution is 4.61. The average molecular weight is 359 g/mol. The molecule has 152 valence electrons. The molecule has 0 aromatic heterocycles. The summed E-state index contributed by atoms with van der Waals surface area (Å²) in [5, 5.41) is 0. The van der Waals surface area contributed by atoms with Gasteiger partial charge < -0.3 is 14.2 Å². The van der Waals surface area contributed by atoms with Gasteiger partial charge in [-0.25, -0.2) is 0 Å². The zero-order valence-electron chi connectivity index (χ0n) is 17.7. The largest absolute Gasteiger partial charge is 0.327 e. The van der Waals surface area contributed by atoms with Crippen LogP contribution in [0.2, 0.25) is 0 Å². The Morgan fingerprint density at radius 2 is 0.840 bits per heavy atom. The van der Waals surface area contributed by atoms with Crippen LogP contribution in [0, 0.1) is 0 Å². The minimum absolute atomic E-state index is 0.729. The monoisotopic (exact) mass is 358 g/mol. The van der Waals surface area contributed by atoms with E-state index in [1.54, 1.807) is 0 Å². The van der Waals surface area contributed by atoms with Gasteiger partial charge in [-0.3, -0.25) is 0 Å². The minimum Gasteiger partial charge on any atom is -0.327 e.